The molecule has 14 heteroatoms. The van der Waals surface area contributed by atoms with Gasteiger partial charge in [0.1, 0.15) is 17.4 Å². The number of aromatic amines is 1. The summed E-state index contributed by atoms with van der Waals surface area (Å²) < 4.78 is 0. The number of carbonyl (C=O) groups is 4. The molecule has 1 aromatic heterocycles. The number of hydrogen-bond acceptors (Lipinski definition) is 7. The quantitative estimate of drug-likeness (QED) is 0.254. The molecule has 1 fully saturated rings. The van der Waals surface area contributed by atoms with Gasteiger partial charge >= 0.3 is 17.7 Å². The standard InChI is InChI=1S/C28H36Cl2N6O6/c1-15(2)14-36-10-8-28(9-11-36,22(37)16(3)4)35-27(42)32-20(25(39)40)12-17-13-31-26(41)34-23(17)33-24(38)21-18(29)6-5-7-19(21)30/h5-7,13,15-16,20H,8-12,14H2,1-4H3,(H,39,40)(H2,32,35,42)(H2,31,33,34,38,41). The molecule has 0 bridgehead atoms. The van der Waals surface area contributed by atoms with E-state index in [0.29, 0.717) is 31.8 Å². The third-order valence-electron chi connectivity index (χ3n) is 7.03. The minimum atomic E-state index is -1.50. The van der Waals surface area contributed by atoms with Gasteiger partial charge in [0, 0.05) is 43.7 Å². The average Bonchev–Trinajstić information content (AvgIpc) is 2.90. The molecule has 0 spiro atoms. The zero-order chi connectivity index (χ0) is 31.2. The Morgan fingerprint density at radius 2 is 1.71 bits per heavy atom. The highest BCUT2D eigenvalue weighted by Crippen LogP contribution is 2.28. The van der Waals surface area contributed by atoms with Gasteiger partial charge in [-0.05, 0) is 30.9 Å². The predicted octanol–water partition coefficient (Wildman–Crippen LogP) is 3.34. The second-order valence-corrected chi connectivity index (χ2v) is 11.9. The minimum absolute atomic E-state index is 0.0451. The number of nitrogens with one attached hydrogen (secondary N) is 4. The molecule has 1 atom stereocenters. The number of nitrogens with zero attached hydrogens (tertiary/aromatic N) is 2. The molecule has 42 heavy (non-hydrogen) atoms. The van der Waals surface area contributed by atoms with Crippen molar-refractivity contribution < 1.29 is 24.3 Å². The van der Waals surface area contributed by atoms with Crippen LogP contribution in [0.3, 0.4) is 0 Å². The van der Waals surface area contributed by atoms with Crippen molar-refractivity contribution in [2.24, 2.45) is 11.8 Å². The number of aromatic nitrogens is 2. The van der Waals surface area contributed by atoms with Gasteiger partial charge in [-0.2, -0.15) is 0 Å². The van der Waals surface area contributed by atoms with Gasteiger partial charge in [-0.3, -0.25) is 14.6 Å². The molecule has 3 amide bonds. The SMILES string of the molecule is CC(C)CN1CCC(NC(=O)NC(Cc2cnc(=O)[nH]c2NC(=O)c2c(Cl)cccc2Cl)C(=O)O)(C(=O)C(C)C)CC1. The third kappa shape index (κ3) is 8.30. The average molecular weight is 624 g/mol. The molecule has 3 rings (SSSR count). The van der Waals surface area contributed by atoms with Crippen LogP contribution in [-0.2, 0) is 16.0 Å². The van der Waals surface area contributed by atoms with Gasteiger partial charge in [-0.15, -0.1) is 0 Å². The number of halogens is 2. The lowest BCUT2D eigenvalue weighted by Gasteiger charge is -2.42. The van der Waals surface area contributed by atoms with Crippen LogP contribution in [0.5, 0.6) is 0 Å². The molecule has 0 radical (unpaired) electrons. The first-order valence-electron chi connectivity index (χ1n) is 13.6. The van der Waals surface area contributed by atoms with E-state index in [1.807, 2.05) is 0 Å². The van der Waals surface area contributed by atoms with E-state index in [4.69, 9.17) is 23.2 Å². The molecule has 1 aromatic carbocycles. The van der Waals surface area contributed by atoms with E-state index in [9.17, 15) is 29.1 Å². The maximum absolute atomic E-state index is 13.3. The second-order valence-electron chi connectivity index (χ2n) is 11.1. The lowest BCUT2D eigenvalue weighted by Crippen LogP contribution is -2.64. The highest BCUT2D eigenvalue weighted by atomic mass is 35.5. The first kappa shape index (κ1) is 33.0. The number of aliphatic carboxylic acids is 1. The number of carbonyl (C=O) groups excluding carboxylic acids is 3. The van der Waals surface area contributed by atoms with Crippen LogP contribution in [0.15, 0.2) is 29.2 Å². The highest BCUT2D eigenvalue weighted by molar-refractivity contribution is 6.40. The number of urea groups is 1. The first-order chi connectivity index (χ1) is 19.7. The molecule has 1 unspecified atom stereocenters. The van der Waals surface area contributed by atoms with Crippen molar-refractivity contribution >= 4 is 52.7 Å². The van der Waals surface area contributed by atoms with Gasteiger partial charge < -0.3 is 26.0 Å². The predicted molar refractivity (Wildman–Crippen MR) is 159 cm³/mol. The fourth-order valence-electron chi connectivity index (χ4n) is 5.03. The summed E-state index contributed by atoms with van der Waals surface area (Å²) in [7, 11) is 0. The van der Waals surface area contributed by atoms with Crippen LogP contribution < -0.4 is 21.6 Å². The number of H-pyrrole nitrogens is 1. The Bertz CT molecular complexity index is 1370. The lowest BCUT2D eigenvalue weighted by molar-refractivity contribution is -0.139. The van der Waals surface area contributed by atoms with E-state index in [2.05, 4.69) is 44.7 Å². The minimum Gasteiger partial charge on any atom is -0.480 e. The van der Waals surface area contributed by atoms with E-state index in [0.717, 1.165) is 12.7 Å². The van der Waals surface area contributed by atoms with Crippen molar-refractivity contribution in [2.75, 3.05) is 25.0 Å². The molecule has 1 saturated heterocycles. The summed E-state index contributed by atoms with van der Waals surface area (Å²) in [5, 5.41) is 17.8. The molecule has 228 valence electrons. The third-order valence-corrected chi connectivity index (χ3v) is 7.66. The topological polar surface area (TPSA) is 174 Å². The summed E-state index contributed by atoms with van der Waals surface area (Å²) in [6.45, 7) is 9.84. The normalized spacial score (nSPS) is 15.7. The van der Waals surface area contributed by atoms with E-state index >= 15 is 0 Å². The largest absolute Gasteiger partial charge is 0.480 e. The Labute approximate surface area is 253 Å². The van der Waals surface area contributed by atoms with Crippen LogP contribution in [0.1, 0.15) is 56.5 Å². The molecule has 2 heterocycles. The Kier molecular flexibility index (Phi) is 11.1. The molecule has 1 aliphatic heterocycles. The van der Waals surface area contributed by atoms with Gasteiger partial charge in [0.2, 0.25) is 0 Å². The number of hydrogen-bond donors (Lipinski definition) is 5. The zero-order valence-electron chi connectivity index (χ0n) is 23.9. The zero-order valence-corrected chi connectivity index (χ0v) is 25.4. The van der Waals surface area contributed by atoms with Gasteiger partial charge in [0.25, 0.3) is 5.91 Å². The molecule has 12 nitrogen and oxygen atoms in total. The van der Waals surface area contributed by atoms with Crippen molar-refractivity contribution in [3.05, 3.63) is 56.1 Å². The lowest BCUT2D eigenvalue weighted by atomic mass is 9.79. The number of rotatable bonds is 11. The number of anilines is 1. The van der Waals surface area contributed by atoms with Gasteiger partial charge in [-0.1, -0.05) is 57.0 Å². The maximum atomic E-state index is 13.3. The maximum Gasteiger partial charge on any atom is 0.346 e. The molecule has 0 aliphatic carbocycles. The number of likely N-dealkylation sites (tertiary alicyclic amines) is 1. The summed E-state index contributed by atoms with van der Waals surface area (Å²) in [5.41, 5.74) is -1.86. The summed E-state index contributed by atoms with van der Waals surface area (Å²) in [5.74, 6) is -2.27. The van der Waals surface area contributed by atoms with Crippen molar-refractivity contribution in [1.29, 1.82) is 0 Å². The fourth-order valence-corrected chi connectivity index (χ4v) is 5.60. The number of benzene rings is 1. The molecular formula is C28H36Cl2N6O6. The van der Waals surface area contributed by atoms with Crippen molar-refractivity contribution in [1.82, 2.24) is 25.5 Å². The van der Waals surface area contributed by atoms with Crippen LogP contribution in [0, 0.1) is 11.8 Å². The number of piperidine rings is 1. The van der Waals surface area contributed by atoms with E-state index in [-0.39, 0.29) is 45.1 Å². The Balaban J connectivity index is 1.79. The molecule has 0 saturated carbocycles. The Morgan fingerprint density at radius 1 is 1.10 bits per heavy atom. The number of Topliss-reactive ketones (excluding diaryl/α,β-unsaturated/α-hetero) is 1. The van der Waals surface area contributed by atoms with E-state index in [1.165, 1.54) is 12.1 Å². The fraction of sp³-hybridized carbons (Fsp3) is 0.500. The molecule has 2 aromatic rings. The number of carboxylic acids is 1. The van der Waals surface area contributed by atoms with Crippen molar-refractivity contribution in [3.8, 4) is 0 Å². The molecular weight excluding hydrogens is 587 g/mol. The summed E-state index contributed by atoms with van der Waals surface area (Å²) >= 11 is 12.2. The summed E-state index contributed by atoms with van der Waals surface area (Å²) in [6, 6.07) is 2.17. The number of amides is 3. The Hall–Kier alpha value is -3.48. The van der Waals surface area contributed by atoms with Crippen molar-refractivity contribution in [3.63, 3.8) is 0 Å². The van der Waals surface area contributed by atoms with Crippen LogP contribution in [0.25, 0.3) is 0 Å². The van der Waals surface area contributed by atoms with Crippen LogP contribution in [0.2, 0.25) is 10.0 Å². The van der Waals surface area contributed by atoms with Gasteiger partial charge in [-0.25, -0.2) is 19.4 Å². The van der Waals surface area contributed by atoms with E-state index < -0.39 is 35.2 Å². The monoisotopic (exact) mass is 622 g/mol. The van der Waals surface area contributed by atoms with Gasteiger partial charge in [0.05, 0.1) is 15.6 Å². The molecule has 1 aliphatic rings. The van der Waals surface area contributed by atoms with Gasteiger partial charge in [0.15, 0.2) is 5.78 Å². The highest BCUT2D eigenvalue weighted by Gasteiger charge is 2.43. The van der Waals surface area contributed by atoms with Crippen molar-refractivity contribution in [2.45, 2.75) is 58.5 Å². The smallest absolute Gasteiger partial charge is 0.346 e. The second kappa shape index (κ2) is 14.1. The van der Waals surface area contributed by atoms with E-state index in [1.54, 1.807) is 19.9 Å². The first-order valence-corrected chi connectivity index (χ1v) is 14.4. The number of carboxylic acid groups (broad SMARTS) is 1. The summed E-state index contributed by atoms with van der Waals surface area (Å²) in [6.07, 6.45) is 1.54. The summed E-state index contributed by atoms with van der Waals surface area (Å²) in [4.78, 5) is 71.7. The van der Waals surface area contributed by atoms with Crippen LogP contribution >= 0.6 is 23.2 Å². The molecule has 5 N–H and O–H groups in total. The number of ketones is 1. The van der Waals surface area contributed by atoms with Crippen LogP contribution in [-0.4, -0.2) is 74.9 Å². The Morgan fingerprint density at radius 3 is 2.26 bits per heavy atom. The van der Waals surface area contributed by atoms with Crippen LogP contribution in [0.4, 0.5) is 10.6 Å².